The first-order valence-corrected chi connectivity index (χ1v) is 7.96. The number of thioether (sulfide) groups is 1. The van der Waals surface area contributed by atoms with Gasteiger partial charge in [0.15, 0.2) is 0 Å². The second kappa shape index (κ2) is 6.05. The third-order valence-electron chi connectivity index (χ3n) is 3.65. The highest BCUT2D eigenvalue weighted by molar-refractivity contribution is 7.99. The van der Waals surface area contributed by atoms with E-state index in [2.05, 4.69) is 5.32 Å². The zero-order chi connectivity index (χ0) is 16.6. The number of carboxylic acid groups (broad SMARTS) is 1. The number of non-ortho nitro benzene ring substituents is 1. The van der Waals surface area contributed by atoms with Crippen LogP contribution in [0, 0.1) is 17.0 Å². The summed E-state index contributed by atoms with van der Waals surface area (Å²) >= 11 is 1.48. The summed E-state index contributed by atoms with van der Waals surface area (Å²) < 4.78 is 5.82. The Bertz CT molecular complexity index is 773. The van der Waals surface area contributed by atoms with E-state index in [1.807, 2.05) is 0 Å². The summed E-state index contributed by atoms with van der Waals surface area (Å²) in [4.78, 5) is 21.3. The first-order valence-electron chi connectivity index (χ1n) is 6.91. The Morgan fingerprint density at radius 3 is 2.83 bits per heavy atom. The Kier molecular flexibility index (Phi) is 4.10. The van der Waals surface area contributed by atoms with Crippen molar-refractivity contribution in [1.29, 1.82) is 0 Å². The van der Waals surface area contributed by atoms with E-state index in [1.54, 1.807) is 25.1 Å². The van der Waals surface area contributed by atoms with Gasteiger partial charge in [-0.15, -0.1) is 11.8 Å². The number of rotatable bonds is 4. The van der Waals surface area contributed by atoms with Crippen molar-refractivity contribution in [2.24, 2.45) is 0 Å². The number of carboxylic acids is 1. The number of aliphatic carboxylic acids is 1. The second-order valence-corrected chi connectivity index (χ2v) is 6.37. The summed E-state index contributed by atoms with van der Waals surface area (Å²) in [7, 11) is 0. The Morgan fingerprint density at radius 1 is 1.43 bits per heavy atom. The molecule has 3 rings (SSSR count). The molecule has 1 saturated heterocycles. The number of benzene rings is 1. The molecule has 0 radical (unpaired) electrons. The molecule has 1 aromatic heterocycles. The molecule has 1 aromatic carbocycles. The number of carbonyl (C=O) groups is 1. The van der Waals surface area contributed by atoms with E-state index in [9.17, 15) is 14.9 Å². The van der Waals surface area contributed by atoms with E-state index in [1.165, 1.54) is 23.9 Å². The van der Waals surface area contributed by atoms with Crippen molar-refractivity contribution in [3.8, 4) is 11.3 Å². The van der Waals surface area contributed by atoms with Crippen LogP contribution in [0.3, 0.4) is 0 Å². The molecule has 120 valence electrons. The molecule has 23 heavy (non-hydrogen) atoms. The predicted molar refractivity (Wildman–Crippen MR) is 85.3 cm³/mol. The van der Waals surface area contributed by atoms with E-state index < -0.39 is 16.9 Å². The van der Waals surface area contributed by atoms with Crippen LogP contribution in [0.25, 0.3) is 11.3 Å². The van der Waals surface area contributed by atoms with Gasteiger partial charge in [-0.1, -0.05) is 0 Å². The van der Waals surface area contributed by atoms with Gasteiger partial charge in [0.05, 0.1) is 4.92 Å². The molecule has 2 N–H and O–H groups in total. The number of furan rings is 1. The number of nitrogens with zero attached hydrogens (tertiary/aromatic N) is 1. The Labute approximate surface area is 135 Å². The number of nitrogens with one attached hydrogen (secondary N) is 1. The average Bonchev–Trinajstić information content (AvgIpc) is 3.16. The highest BCUT2D eigenvalue weighted by Gasteiger charge is 2.32. The largest absolute Gasteiger partial charge is 0.480 e. The fourth-order valence-corrected chi connectivity index (χ4v) is 3.63. The zero-order valence-electron chi connectivity index (χ0n) is 12.2. The maximum absolute atomic E-state index is 11.0. The normalized spacial score (nSPS) is 20.6. The average molecular weight is 334 g/mol. The lowest BCUT2D eigenvalue weighted by Crippen LogP contribution is -2.33. The predicted octanol–water partition coefficient (Wildman–Crippen LogP) is 2.95. The van der Waals surface area contributed by atoms with Gasteiger partial charge in [0.25, 0.3) is 5.69 Å². The Balaban J connectivity index is 1.83. The van der Waals surface area contributed by atoms with Crippen LogP contribution in [0.5, 0.6) is 0 Å². The lowest BCUT2D eigenvalue weighted by Gasteiger charge is -2.08. The van der Waals surface area contributed by atoms with Gasteiger partial charge in [-0.25, -0.2) is 0 Å². The van der Waals surface area contributed by atoms with Crippen molar-refractivity contribution in [2.75, 3.05) is 5.75 Å². The number of nitro groups is 1. The van der Waals surface area contributed by atoms with Gasteiger partial charge in [-0.3, -0.25) is 20.2 Å². The van der Waals surface area contributed by atoms with Crippen LogP contribution >= 0.6 is 11.8 Å². The van der Waals surface area contributed by atoms with Crippen LogP contribution in [-0.4, -0.2) is 27.8 Å². The van der Waals surface area contributed by atoms with E-state index in [4.69, 9.17) is 9.52 Å². The maximum Gasteiger partial charge on any atom is 0.321 e. The zero-order valence-corrected chi connectivity index (χ0v) is 13.0. The molecule has 0 bridgehead atoms. The van der Waals surface area contributed by atoms with E-state index in [0.29, 0.717) is 17.3 Å². The van der Waals surface area contributed by atoms with Crippen LogP contribution in [-0.2, 0) is 4.79 Å². The topological polar surface area (TPSA) is 106 Å². The second-order valence-electron chi connectivity index (χ2n) is 5.23. The summed E-state index contributed by atoms with van der Waals surface area (Å²) in [6.45, 7) is 1.79. The highest BCUT2D eigenvalue weighted by Crippen LogP contribution is 2.36. The molecule has 1 fully saturated rings. The van der Waals surface area contributed by atoms with E-state index in [0.717, 1.165) is 11.1 Å². The van der Waals surface area contributed by atoms with E-state index in [-0.39, 0.29) is 11.1 Å². The van der Waals surface area contributed by atoms with Gasteiger partial charge in [0.2, 0.25) is 0 Å². The van der Waals surface area contributed by atoms with Crippen LogP contribution in [0.15, 0.2) is 34.7 Å². The molecule has 2 unspecified atom stereocenters. The summed E-state index contributed by atoms with van der Waals surface area (Å²) in [5.74, 6) is 0.852. The first-order chi connectivity index (χ1) is 11.0. The molecular formula is C15H14N2O5S. The lowest BCUT2D eigenvalue weighted by atomic mass is 10.1. The quantitative estimate of drug-likeness (QED) is 0.654. The standard InChI is InChI=1S/C15H14N2O5S/c1-8-6-9(17(20)21)2-3-10(8)12-4-5-13(22-12)14-16-11(7-23-14)15(18)19/h2-6,11,14,16H,7H2,1H3,(H,18,19). The number of hydrogen-bond acceptors (Lipinski definition) is 6. The molecule has 2 heterocycles. The molecular weight excluding hydrogens is 320 g/mol. The third-order valence-corrected chi connectivity index (χ3v) is 4.88. The Hall–Kier alpha value is -2.32. The molecule has 0 aliphatic carbocycles. The van der Waals surface area contributed by atoms with Crippen LogP contribution in [0.2, 0.25) is 0 Å². The summed E-state index contributed by atoms with van der Waals surface area (Å²) in [6, 6.07) is 7.60. The fourth-order valence-electron chi connectivity index (χ4n) is 2.45. The van der Waals surface area contributed by atoms with Crippen molar-refractivity contribution in [3.05, 3.63) is 51.8 Å². The minimum atomic E-state index is -0.877. The monoisotopic (exact) mass is 334 g/mol. The minimum Gasteiger partial charge on any atom is -0.480 e. The van der Waals surface area contributed by atoms with E-state index >= 15 is 0 Å². The summed E-state index contributed by atoms with van der Waals surface area (Å²) in [5.41, 5.74) is 1.56. The van der Waals surface area contributed by atoms with Crippen molar-refractivity contribution < 1.29 is 19.2 Å². The van der Waals surface area contributed by atoms with Crippen LogP contribution < -0.4 is 5.32 Å². The molecule has 8 heteroatoms. The number of hydrogen-bond donors (Lipinski definition) is 2. The maximum atomic E-state index is 11.0. The van der Waals surface area contributed by atoms with Crippen LogP contribution in [0.4, 0.5) is 5.69 Å². The van der Waals surface area contributed by atoms with Gasteiger partial charge in [-0.05, 0) is 30.7 Å². The van der Waals surface area contributed by atoms with Crippen molar-refractivity contribution in [1.82, 2.24) is 5.32 Å². The van der Waals surface area contributed by atoms with Gasteiger partial charge >= 0.3 is 5.97 Å². The van der Waals surface area contributed by atoms with Crippen molar-refractivity contribution in [2.45, 2.75) is 18.3 Å². The SMILES string of the molecule is Cc1cc([N+](=O)[O-])ccc1-c1ccc(C2NC(C(=O)O)CS2)o1. The molecule has 1 aliphatic rings. The fraction of sp³-hybridized carbons (Fsp3) is 0.267. The van der Waals surface area contributed by atoms with Crippen molar-refractivity contribution >= 4 is 23.4 Å². The first kappa shape index (κ1) is 15.6. The minimum absolute atomic E-state index is 0.0374. The van der Waals surface area contributed by atoms with Gasteiger partial charge < -0.3 is 9.52 Å². The number of aryl methyl sites for hydroxylation is 1. The smallest absolute Gasteiger partial charge is 0.321 e. The summed E-state index contributed by atoms with van der Waals surface area (Å²) in [5, 5.41) is 22.6. The van der Waals surface area contributed by atoms with Gasteiger partial charge in [0, 0.05) is 23.4 Å². The van der Waals surface area contributed by atoms with Crippen molar-refractivity contribution in [3.63, 3.8) is 0 Å². The van der Waals surface area contributed by atoms with Gasteiger partial charge in [0.1, 0.15) is 22.9 Å². The molecule has 0 amide bonds. The molecule has 7 nitrogen and oxygen atoms in total. The molecule has 2 atom stereocenters. The molecule has 1 aliphatic heterocycles. The molecule has 2 aromatic rings. The molecule has 0 spiro atoms. The lowest BCUT2D eigenvalue weighted by molar-refractivity contribution is -0.384. The van der Waals surface area contributed by atoms with Gasteiger partial charge in [-0.2, -0.15) is 0 Å². The summed E-state index contributed by atoms with van der Waals surface area (Å²) in [6.07, 6.45) is 0. The highest BCUT2D eigenvalue weighted by atomic mass is 32.2. The number of nitro benzene ring substituents is 1. The third kappa shape index (κ3) is 3.08. The Morgan fingerprint density at radius 2 is 2.22 bits per heavy atom. The molecule has 0 saturated carbocycles. The van der Waals surface area contributed by atoms with Crippen LogP contribution in [0.1, 0.15) is 16.7 Å².